The lowest BCUT2D eigenvalue weighted by atomic mass is 10.3. The van der Waals surface area contributed by atoms with Gasteiger partial charge in [0.15, 0.2) is 0 Å². The summed E-state index contributed by atoms with van der Waals surface area (Å²) in [5.41, 5.74) is 0.502. The van der Waals surface area contributed by atoms with Gasteiger partial charge in [-0.3, -0.25) is 4.79 Å². The van der Waals surface area contributed by atoms with Crippen LogP contribution in [-0.4, -0.2) is 63.7 Å². The summed E-state index contributed by atoms with van der Waals surface area (Å²) in [4.78, 5) is 24.1. The number of aliphatic carboxylic acids is 1. The third kappa shape index (κ3) is 6.14. The molecule has 0 saturated heterocycles. The van der Waals surface area contributed by atoms with E-state index in [-0.39, 0.29) is 25.2 Å². The number of hydrogen-bond acceptors (Lipinski definition) is 5. The van der Waals surface area contributed by atoms with E-state index in [0.29, 0.717) is 5.69 Å². The zero-order chi connectivity index (χ0) is 15.1. The van der Waals surface area contributed by atoms with E-state index in [1.54, 1.807) is 0 Å². The predicted molar refractivity (Wildman–Crippen MR) is 71.0 cm³/mol. The van der Waals surface area contributed by atoms with Crippen LogP contribution in [0.15, 0.2) is 6.20 Å². The van der Waals surface area contributed by atoms with Crippen molar-refractivity contribution in [3.63, 3.8) is 0 Å². The quantitative estimate of drug-likeness (QED) is 0.599. The lowest BCUT2D eigenvalue weighted by molar-refractivity contribution is -0.137. The van der Waals surface area contributed by atoms with Gasteiger partial charge in [-0.25, -0.2) is 9.48 Å². The second-order valence-electron chi connectivity index (χ2n) is 4.79. The van der Waals surface area contributed by atoms with Crippen molar-refractivity contribution in [2.75, 3.05) is 20.6 Å². The summed E-state index contributed by atoms with van der Waals surface area (Å²) in [6.07, 6.45) is 1.48. The second kappa shape index (κ2) is 7.43. The maximum atomic E-state index is 11.6. The van der Waals surface area contributed by atoms with E-state index >= 15 is 0 Å². The van der Waals surface area contributed by atoms with Gasteiger partial charge in [0.2, 0.25) is 0 Å². The summed E-state index contributed by atoms with van der Waals surface area (Å²) in [7, 11) is 3.85. The Labute approximate surface area is 116 Å². The van der Waals surface area contributed by atoms with Crippen molar-refractivity contribution >= 4 is 12.0 Å². The fourth-order valence-electron chi connectivity index (χ4n) is 1.67. The van der Waals surface area contributed by atoms with Crippen LogP contribution in [0.4, 0.5) is 4.79 Å². The van der Waals surface area contributed by atoms with E-state index in [0.717, 1.165) is 6.54 Å². The average molecular weight is 284 g/mol. The van der Waals surface area contributed by atoms with Gasteiger partial charge in [0, 0.05) is 12.6 Å². The normalized spacial score (nSPS) is 12.2. The third-order valence-electron chi connectivity index (χ3n) is 2.33. The molecule has 3 N–H and O–H groups in total. The first kappa shape index (κ1) is 15.9. The SMILES string of the molecule is CC(CN(C)C)NC(=O)NCc1cn(CC(=O)O)nn1. The van der Waals surface area contributed by atoms with E-state index in [2.05, 4.69) is 20.9 Å². The molecule has 9 nitrogen and oxygen atoms in total. The number of rotatable bonds is 7. The number of carbonyl (C=O) groups excluding carboxylic acids is 1. The van der Waals surface area contributed by atoms with Crippen LogP contribution >= 0.6 is 0 Å². The Kier molecular flexibility index (Phi) is 5.91. The fraction of sp³-hybridized carbons (Fsp3) is 0.636. The molecular weight excluding hydrogens is 264 g/mol. The first-order chi connectivity index (χ1) is 9.36. The van der Waals surface area contributed by atoms with Gasteiger partial charge in [-0.05, 0) is 21.0 Å². The number of carbonyl (C=O) groups is 2. The highest BCUT2D eigenvalue weighted by Crippen LogP contribution is 1.93. The van der Waals surface area contributed by atoms with Crippen molar-refractivity contribution < 1.29 is 14.7 Å². The Morgan fingerprint density at radius 2 is 2.20 bits per heavy atom. The molecule has 0 aromatic carbocycles. The lowest BCUT2D eigenvalue weighted by Gasteiger charge is -2.18. The van der Waals surface area contributed by atoms with Crippen LogP contribution in [0.3, 0.4) is 0 Å². The number of amides is 2. The fourth-order valence-corrected chi connectivity index (χ4v) is 1.67. The summed E-state index contributed by atoms with van der Waals surface area (Å²) < 4.78 is 1.20. The van der Waals surface area contributed by atoms with E-state index in [1.807, 2.05) is 25.9 Å². The molecule has 1 atom stereocenters. The standard InChI is InChI=1S/C11H20N6O3/c1-8(5-16(2)3)13-11(20)12-4-9-6-17(15-14-9)7-10(18)19/h6,8H,4-5,7H2,1-3H3,(H,18,19)(H2,12,13,20). The van der Waals surface area contributed by atoms with Crippen molar-refractivity contribution in [2.45, 2.75) is 26.1 Å². The summed E-state index contributed by atoms with van der Waals surface area (Å²) in [5, 5.41) is 21.4. The van der Waals surface area contributed by atoms with Crippen LogP contribution in [-0.2, 0) is 17.9 Å². The number of aromatic nitrogens is 3. The van der Waals surface area contributed by atoms with Crippen molar-refractivity contribution in [3.8, 4) is 0 Å². The minimum absolute atomic E-state index is 0.0210. The van der Waals surface area contributed by atoms with Gasteiger partial charge >= 0.3 is 12.0 Å². The highest BCUT2D eigenvalue weighted by Gasteiger charge is 2.09. The number of likely N-dealkylation sites (N-methyl/N-ethyl adjacent to an activating group) is 1. The van der Waals surface area contributed by atoms with Crippen LogP contribution < -0.4 is 10.6 Å². The van der Waals surface area contributed by atoms with Crippen LogP contribution in [0.2, 0.25) is 0 Å². The molecule has 1 unspecified atom stereocenters. The van der Waals surface area contributed by atoms with Gasteiger partial charge in [0.05, 0.1) is 12.7 Å². The molecule has 0 aliphatic rings. The Hall–Kier alpha value is -2.16. The third-order valence-corrected chi connectivity index (χ3v) is 2.33. The highest BCUT2D eigenvalue weighted by atomic mass is 16.4. The van der Waals surface area contributed by atoms with E-state index < -0.39 is 5.97 Å². The van der Waals surface area contributed by atoms with Gasteiger partial charge in [-0.1, -0.05) is 5.21 Å². The largest absolute Gasteiger partial charge is 0.480 e. The zero-order valence-corrected chi connectivity index (χ0v) is 11.8. The average Bonchev–Trinajstić information content (AvgIpc) is 2.71. The van der Waals surface area contributed by atoms with E-state index in [1.165, 1.54) is 10.9 Å². The van der Waals surface area contributed by atoms with Crippen LogP contribution in [0.25, 0.3) is 0 Å². The first-order valence-corrected chi connectivity index (χ1v) is 6.16. The van der Waals surface area contributed by atoms with Crippen molar-refractivity contribution in [2.24, 2.45) is 0 Å². The van der Waals surface area contributed by atoms with Gasteiger partial charge < -0.3 is 20.6 Å². The van der Waals surface area contributed by atoms with E-state index in [4.69, 9.17) is 5.11 Å². The monoisotopic (exact) mass is 284 g/mol. The molecule has 1 rings (SSSR count). The molecule has 9 heteroatoms. The molecule has 0 bridgehead atoms. The molecule has 0 fully saturated rings. The summed E-state index contributed by atoms with van der Waals surface area (Å²) >= 11 is 0. The minimum Gasteiger partial charge on any atom is -0.480 e. The highest BCUT2D eigenvalue weighted by molar-refractivity contribution is 5.74. The molecule has 2 amide bonds. The molecule has 1 heterocycles. The molecular formula is C11H20N6O3. The molecule has 20 heavy (non-hydrogen) atoms. The van der Waals surface area contributed by atoms with Gasteiger partial charge in [0.25, 0.3) is 0 Å². The summed E-state index contributed by atoms with van der Waals surface area (Å²) in [6.45, 7) is 2.59. The number of hydrogen-bond donors (Lipinski definition) is 3. The number of nitrogens with zero attached hydrogens (tertiary/aromatic N) is 4. The summed E-state index contributed by atoms with van der Waals surface area (Å²) in [6, 6.07) is -0.278. The minimum atomic E-state index is -0.996. The molecule has 0 saturated carbocycles. The second-order valence-corrected chi connectivity index (χ2v) is 4.79. The molecule has 1 aromatic heterocycles. The molecule has 0 aliphatic carbocycles. The Morgan fingerprint density at radius 1 is 1.50 bits per heavy atom. The molecule has 1 aromatic rings. The molecule has 0 radical (unpaired) electrons. The molecule has 0 aliphatic heterocycles. The Morgan fingerprint density at radius 3 is 2.80 bits per heavy atom. The topological polar surface area (TPSA) is 112 Å². The first-order valence-electron chi connectivity index (χ1n) is 6.16. The van der Waals surface area contributed by atoms with Gasteiger partial charge in [-0.2, -0.15) is 0 Å². The Balaban J connectivity index is 2.33. The molecule has 112 valence electrons. The van der Waals surface area contributed by atoms with Crippen molar-refractivity contribution in [1.82, 2.24) is 30.5 Å². The van der Waals surface area contributed by atoms with Crippen LogP contribution in [0, 0.1) is 0 Å². The lowest BCUT2D eigenvalue weighted by Crippen LogP contribution is -2.44. The molecule has 0 spiro atoms. The maximum Gasteiger partial charge on any atom is 0.325 e. The number of nitrogens with one attached hydrogen (secondary N) is 2. The zero-order valence-electron chi connectivity index (χ0n) is 11.8. The number of carboxylic acid groups (broad SMARTS) is 1. The predicted octanol–water partition coefficient (Wildman–Crippen LogP) is -0.888. The number of carboxylic acids is 1. The number of urea groups is 1. The van der Waals surface area contributed by atoms with Crippen LogP contribution in [0.5, 0.6) is 0 Å². The Bertz CT molecular complexity index is 459. The smallest absolute Gasteiger partial charge is 0.325 e. The van der Waals surface area contributed by atoms with Gasteiger partial charge in [0.1, 0.15) is 12.2 Å². The van der Waals surface area contributed by atoms with Crippen LogP contribution in [0.1, 0.15) is 12.6 Å². The maximum absolute atomic E-state index is 11.6. The van der Waals surface area contributed by atoms with Gasteiger partial charge in [-0.15, -0.1) is 5.10 Å². The van der Waals surface area contributed by atoms with Crippen molar-refractivity contribution in [1.29, 1.82) is 0 Å². The van der Waals surface area contributed by atoms with E-state index in [9.17, 15) is 9.59 Å². The summed E-state index contributed by atoms with van der Waals surface area (Å²) in [5.74, 6) is -0.996. The van der Waals surface area contributed by atoms with Crippen molar-refractivity contribution in [3.05, 3.63) is 11.9 Å².